The lowest BCUT2D eigenvalue weighted by molar-refractivity contribution is -0.147. The van der Waals surface area contributed by atoms with Crippen molar-refractivity contribution < 1.29 is 23.9 Å². The van der Waals surface area contributed by atoms with Crippen molar-refractivity contribution in [2.45, 2.75) is 25.2 Å². The largest absolute Gasteiger partial charge is 0.461 e. The molecule has 0 aromatic heterocycles. The van der Waals surface area contributed by atoms with Crippen LogP contribution >= 0.6 is 0 Å². The van der Waals surface area contributed by atoms with Crippen molar-refractivity contribution in [3.8, 4) is 0 Å². The van der Waals surface area contributed by atoms with Crippen LogP contribution in [0.2, 0.25) is 0 Å². The predicted molar refractivity (Wildman–Crippen MR) is 98.2 cm³/mol. The molecule has 142 valence electrons. The maximum atomic E-state index is 12.5. The van der Waals surface area contributed by atoms with E-state index in [2.05, 4.69) is 5.32 Å². The molecule has 0 saturated heterocycles. The van der Waals surface area contributed by atoms with Crippen molar-refractivity contribution in [2.24, 2.45) is 5.73 Å². The molecule has 0 unspecified atom stereocenters. The van der Waals surface area contributed by atoms with Gasteiger partial charge in [-0.15, -0.1) is 0 Å². The zero-order chi connectivity index (χ0) is 19.6. The molecule has 0 saturated carbocycles. The van der Waals surface area contributed by atoms with Gasteiger partial charge in [0.15, 0.2) is 6.10 Å². The zero-order valence-electron chi connectivity index (χ0n) is 15.0. The van der Waals surface area contributed by atoms with Gasteiger partial charge in [0.2, 0.25) is 5.91 Å². The topological polar surface area (TPSA) is 108 Å². The molecule has 2 aromatic carbocycles. The van der Waals surface area contributed by atoms with Crippen molar-refractivity contribution in [1.29, 1.82) is 0 Å². The van der Waals surface area contributed by atoms with Gasteiger partial charge in [0.25, 0.3) is 5.91 Å². The van der Waals surface area contributed by atoms with Crippen LogP contribution in [0.1, 0.15) is 23.7 Å². The molecule has 0 bridgehead atoms. The average Bonchev–Trinajstić information content (AvgIpc) is 2.68. The van der Waals surface area contributed by atoms with Gasteiger partial charge in [-0.1, -0.05) is 60.7 Å². The smallest absolute Gasteiger partial charge is 0.308 e. The molecule has 3 N–H and O–H groups in total. The summed E-state index contributed by atoms with van der Waals surface area (Å²) in [6, 6.07) is 16.7. The lowest BCUT2D eigenvalue weighted by atomic mass is 10.1. The number of benzene rings is 2. The van der Waals surface area contributed by atoms with Crippen LogP contribution in [0.15, 0.2) is 60.7 Å². The number of methoxy groups -OCH3 is 1. The summed E-state index contributed by atoms with van der Waals surface area (Å²) in [5.74, 6) is -2.04. The van der Waals surface area contributed by atoms with E-state index >= 15 is 0 Å². The number of hydrogen-bond acceptors (Lipinski definition) is 5. The number of nitrogens with two attached hydrogens (primary N) is 1. The molecule has 7 heteroatoms. The SMILES string of the molecule is CO[C@@H](C(=O)N[C@H](CC(=O)OCc1ccccc1)C(N)=O)c1ccccc1. The maximum absolute atomic E-state index is 12.5. The zero-order valence-corrected chi connectivity index (χ0v) is 15.0. The predicted octanol–water partition coefficient (Wildman–Crippen LogP) is 1.48. The van der Waals surface area contributed by atoms with Gasteiger partial charge in [-0.25, -0.2) is 0 Å². The molecule has 27 heavy (non-hydrogen) atoms. The summed E-state index contributed by atoms with van der Waals surface area (Å²) in [5.41, 5.74) is 6.75. The van der Waals surface area contributed by atoms with E-state index in [9.17, 15) is 14.4 Å². The van der Waals surface area contributed by atoms with Crippen molar-refractivity contribution in [3.63, 3.8) is 0 Å². The van der Waals surface area contributed by atoms with Gasteiger partial charge in [-0.2, -0.15) is 0 Å². The minimum Gasteiger partial charge on any atom is -0.461 e. The van der Waals surface area contributed by atoms with E-state index in [1.807, 2.05) is 36.4 Å². The van der Waals surface area contributed by atoms with Gasteiger partial charge in [-0.05, 0) is 11.1 Å². The Morgan fingerprint density at radius 3 is 2.15 bits per heavy atom. The van der Waals surface area contributed by atoms with Gasteiger partial charge in [0, 0.05) is 7.11 Å². The normalized spacial score (nSPS) is 12.6. The van der Waals surface area contributed by atoms with Gasteiger partial charge in [-0.3, -0.25) is 14.4 Å². The first kappa shape index (κ1) is 20.1. The summed E-state index contributed by atoms with van der Waals surface area (Å²) in [7, 11) is 1.38. The van der Waals surface area contributed by atoms with E-state index in [0.29, 0.717) is 5.56 Å². The molecule has 2 amide bonds. The van der Waals surface area contributed by atoms with Crippen LogP contribution in [0.5, 0.6) is 0 Å². The number of carbonyl (C=O) groups excluding carboxylic acids is 3. The molecule has 0 aliphatic rings. The van der Waals surface area contributed by atoms with E-state index in [1.54, 1.807) is 24.3 Å². The highest BCUT2D eigenvalue weighted by Gasteiger charge is 2.27. The Morgan fingerprint density at radius 1 is 1.00 bits per heavy atom. The number of amides is 2. The summed E-state index contributed by atoms with van der Waals surface area (Å²) in [6.07, 6.45) is -1.28. The Morgan fingerprint density at radius 2 is 1.59 bits per heavy atom. The van der Waals surface area contributed by atoms with Gasteiger partial charge in [0.05, 0.1) is 6.42 Å². The molecular weight excluding hydrogens is 348 g/mol. The first-order valence-corrected chi connectivity index (χ1v) is 8.38. The minimum atomic E-state index is -1.19. The van der Waals surface area contributed by atoms with Crippen LogP contribution in [-0.4, -0.2) is 30.9 Å². The summed E-state index contributed by atoms with van der Waals surface area (Å²) >= 11 is 0. The number of hydrogen-bond donors (Lipinski definition) is 2. The summed E-state index contributed by atoms with van der Waals surface area (Å²) < 4.78 is 10.3. The molecule has 0 spiro atoms. The fourth-order valence-electron chi connectivity index (χ4n) is 2.46. The molecule has 0 radical (unpaired) electrons. The molecular formula is C20H22N2O5. The third kappa shape index (κ3) is 6.23. The van der Waals surface area contributed by atoms with Crippen LogP contribution in [-0.2, 0) is 30.5 Å². The highest BCUT2D eigenvalue weighted by molar-refractivity contribution is 5.91. The molecule has 0 aliphatic heterocycles. The van der Waals surface area contributed by atoms with Crippen LogP contribution in [0.3, 0.4) is 0 Å². The summed E-state index contributed by atoms with van der Waals surface area (Å²) in [5, 5.41) is 2.46. The van der Waals surface area contributed by atoms with Crippen LogP contribution in [0.25, 0.3) is 0 Å². The lowest BCUT2D eigenvalue weighted by Gasteiger charge is -2.20. The summed E-state index contributed by atoms with van der Waals surface area (Å²) in [4.78, 5) is 36.1. The molecule has 0 heterocycles. The Balaban J connectivity index is 1.94. The summed E-state index contributed by atoms with van der Waals surface area (Å²) in [6.45, 7) is 0.0732. The number of esters is 1. The van der Waals surface area contributed by atoms with Crippen molar-refractivity contribution in [2.75, 3.05) is 7.11 Å². The fourth-order valence-corrected chi connectivity index (χ4v) is 2.46. The molecule has 2 aromatic rings. The van der Waals surface area contributed by atoms with E-state index in [4.69, 9.17) is 15.2 Å². The lowest BCUT2D eigenvalue weighted by Crippen LogP contribution is -2.47. The maximum Gasteiger partial charge on any atom is 0.308 e. The van der Waals surface area contributed by atoms with Crippen molar-refractivity contribution in [1.82, 2.24) is 5.32 Å². The van der Waals surface area contributed by atoms with Crippen LogP contribution < -0.4 is 11.1 Å². The average molecular weight is 370 g/mol. The second-order valence-corrected chi connectivity index (χ2v) is 5.84. The molecule has 7 nitrogen and oxygen atoms in total. The first-order chi connectivity index (χ1) is 13.0. The van der Waals surface area contributed by atoms with E-state index in [0.717, 1.165) is 5.56 Å². The van der Waals surface area contributed by atoms with Crippen molar-refractivity contribution in [3.05, 3.63) is 71.8 Å². The Labute approximate surface area is 157 Å². The van der Waals surface area contributed by atoms with Crippen LogP contribution in [0, 0.1) is 0 Å². The molecule has 0 aliphatic carbocycles. The Hall–Kier alpha value is -3.19. The van der Waals surface area contributed by atoms with E-state index in [1.165, 1.54) is 7.11 Å². The number of rotatable bonds is 9. The highest BCUT2D eigenvalue weighted by Crippen LogP contribution is 2.16. The number of ether oxygens (including phenoxy) is 2. The second kappa shape index (κ2) is 10.1. The highest BCUT2D eigenvalue weighted by atomic mass is 16.5. The Kier molecular flexibility index (Phi) is 7.51. The first-order valence-electron chi connectivity index (χ1n) is 8.38. The van der Waals surface area contributed by atoms with Gasteiger partial charge < -0.3 is 20.5 Å². The number of nitrogens with one attached hydrogen (secondary N) is 1. The molecule has 2 atom stereocenters. The molecule has 2 rings (SSSR count). The second-order valence-electron chi connectivity index (χ2n) is 5.84. The van der Waals surface area contributed by atoms with Gasteiger partial charge >= 0.3 is 5.97 Å². The minimum absolute atomic E-state index is 0.0732. The third-order valence-corrected chi connectivity index (χ3v) is 3.85. The monoisotopic (exact) mass is 370 g/mol. The standard InChI is InChI=1S/C20H22N2O5/c1-26-18(15-10-6-3-7-11-15)20(25)22-16(19(21)24)12-17(23)27-13-14-8-4-2-5-9-14/h2-11,16,18H,12-13H2,1H3,(H2,21,24)(H,22,25)/t16-,18-/m1/s1. The number of primary amides is 1. The van der Waals surface area contributed by atoms with Crippen LogP contribution in [0.4, 0.5) is 0 Å². The van der Waals surface area contributed by atoms with E-state index in [-0.39, 0.29) is 13.0 Å². The number of carbonyl (C=O) groups is 3. The van der Waals surface area contributed by atoms with Crippen molar-refractivity contribution >= 4 is 17.8 Å². The quantitative estimate of drug-likeness (QED) is 0.650. The fraction of sp³-hybridized carbons (Fsp3) is 0.250. The third-order valence-electron chi connectivity index (χ3n) is 3.85. The molecule has 0 fully saturated rings. The Bertz CT molecular complexity index is 764. The van der Waals surface area contributed by atoms with E-state index < -0.39 is 29.9 Å². The van der Waals surface area contributed by atoms with Gasteiger partial charge in [0.1, 0.15) is 12.6 Å².